The van der Waals surface area contributed by atoms with Crippen molar-refractivity contribution in [3.05, 3.63) is 100 Å². The second-order valence-corrected chi connectivity index (χ2v) is 15.6. The van der Waals surface area contributed by atoms with Gasteiger partial charge < -0.3 is 35.8 Å². The molecule has 4 unspecified atom stereocenters. The molecule has 7 atom stereocenters. The molecule has 0 saturated carbocycles. The van der Waals surface area contributed by atoms with Gasteiger partial charge in [-0.05, 0) is 30.4 Å². The van der Waals surface area contributed by atoms with E-state index in [1.807, 2.05) is 60.7 Å². The van der Waals surface area contributed by atoms with Crippen molar-refractivity contribution in [2.24, 2.45) is 0 Å². The summed E-state index contributed by atoms with van der Waals surface area (Å²) >= 11 is 0. The Morgan fingerprint density at radius 1 is 1.02 bits per heavy atom. The van der Waals surface area contributed by atoms with Crippen LogP contribution in [0.1, 0.15) is 48.4 Å². The molecule has 2 aromatic carbocycles. The van der Waals surface area contributed by atoms with E-state index < -0.39 is 59.0 Å². The summed E-state index contributed by atoms with van der Waals surface area (Å²) in [6.45, 7) is -1.14. The van der Waals surface area contributed by atoms with Gasteiger partial charge >= 0.3 is 15.6 Å². The number of nitrogens with one attached hydrogen (secondary N) is 2. The average molecular weight is 804 g/mol. The maximum atomic E-state index is 12.8. The molecule has 3 aromatic heterocycles. The number of rotatable bonds is 18. The number of hydrogen-bond donors (Lipinski definition) is 7. The van der Waals surface area contributed by atoms with Crippen molar-refractivity contribution in [2.45, 2.75) is 69.4 Å². The molecular formula is C32H39N9O12P2. The number of unbranched alkanes of at least 4 members (excludes halogenated alkanes) is 1. The summed E-state index contributed by atoms with van der Waals surface area (Å²) in [7, 11) is -10.5. The van der Waals surface area contributed by atoms with Crippen LogP contribution in [0.5, 0.6) is 0 Å². The first-order valence-corrected chi connectivity index (χ1v) is 19.9. The normalized spacial score (nSPS) is 21.2. The fraction of sp³-hybridized carbons (Fsp3) is 0.375. The molecule has 0 aliphatic carbocycles. The molecule has 0 spiro atoms. The van der Waals surface area contributed by atoms with Crippen molar-refractivity contribution >= 4 is 38.7 Å². The summed E-state index contributed by atoms with van der Waals surface area (Å²) in [6, 6.07) is 19.4. The van der Waals surface area contributed by atoms with Crippen molar-refractivity contribution in [3.8, 4) is 0 Å². The van der Waals surface area contributed by atoms with Crippen molar-refractivity contribution in [1.29, 1.82) is 0 Å². The summed E-state index contributed by atoms with van der Waals surface area (Å²) in [5, 5.41) is 32.0. The zero-order chi connectivity index (χ0) is 39.2. The molecule has 4 heterocycles. The Labute approximate surface area is 312 Å². The van der Waals surface area contributed by atoms with Crippen molar-refractivity contribution in [2.75, 3.05) is 12.3 Å². The summed E-state index contributed by atoms with van der Waals surface area (Å²) in [4.78, 5) is 55.3. The quantitative estimate of drug-likeness (QED) is 0.0489. The number of H-pyrrole nitrogens is 1. The number of fused-ring (bicyclic) bond motifs is 1. The van der Waals surface area contributed by atoms with Crippen LogP contribution in [0.2, 0.25) is 0 Å². The molecule has 1 amide bonds. The molecule has 1 aliphatic rings. The van der Waals surface area contributed by atoms with E-state index in [-0.39, 0.29) is 41.2 Å². The molecule has 21 nitrogen and oxygen atoms in total. The van der Waals surface area contributed by atoms with Crippen molar-refractivity contribution in [1.82, 2.24) is 39.8 Å². The van der Waals surface area contributed by atoms with E-state index in [1.165, 1.54) is 10.9 Å². The van der Waals surface area contributed by atoms with Crippen LogP contribution in [-0.2, 0) is 51.6 Å². The number of nitrogen functional groups attached to an aromatic ring is 1. The van der Waals surface area contributed by atoms with Crippen LogP contribution in [0.3, 0.4) is 0 Å². The van der Waals surface area contributed by atoms with E-state index in [9.17, 15) is 38.7 Å². The zero-order valence-corrected chi connectivity index (χ0v) is 30.8. The first-order chi connectivity index (χ1) is 26.3. The topological polar surface area (TPSA) is 301 Å². The number of hydrogen-bond acceptors (Lipinski definition) is 15. The van der Waals surface area contributed by atoms with Gasteiger partial charge in [-0.3, -0.25) is 32.9 Å². The van der Waals surface area contributed by atoms with Gasteiger partial charge in [0.15, 0.2) is 17.4 Å². The number of amides is 1. The molecule has 294 valence electrons. The summed E-state index contributed by atoms with van der Waals surface area (Å²) in [6.07, 6.45) is -1.56. The molecular weight excluding hydrogens is 764 g/mol. The first-order valence-electron chi connectivity index (χ1n) is 16.9. The van der Waals surface area contributed by atoms with Crippen molar-refractivity contribution in [3.63, 3.8) is 0 Å². The maximum absolute atomic E-state index is 12.8. The number of aryl methyl sites for hydroxylation is 1. The molecule has 0 radical (unpaired) electrons. The molecule has 1 saturated heterocycles. The predicted octanol–water partition coefficient (Wildman–Crippen LogP) is 1.63. The Morgan fingerprint density at radius 2 is 1.73 bits per heavy atom. The monoisotopic (exact) mass is 803 g/mol. The maximum Gasteiger partial charge on any atom is 0.481 e. The van der Waals surface area contributed by atoms with Gasteiger partial charge in [0.25, 0.3) is 5.56 Å². The van der Waals surface area contributed by atoms with E-state index in [0.29, 0.717) is 25.8 Å². The zero-order valence-electron chi connectivity index (χ0n) is 29.0. The lowest BCUT2D eigenvalue weighted by molar-refractivity contribution is -0.122. The number of carbonyl (C=O) groups excluding carboxylic acids is 1. The third-order valence-electron chi connectivity index (χ3n) is 8.49. The van der Waals surface area contributed by atoms with Gasteiger partial charge in [-0.1, -0.05) is 65.9 Å². The fourth-order valence-electron chi connectivity index (χ4n) is 5.85. The number of anilines is 1. The smallest absolute Gasteiger partial charge is 0.387 e. The van der Waals surface area contributed by atoms with Gasteiger partial charge in [-0.2, -0.15) is 9.29 Å². The lowest BCUT2D eigenvalue weighted by atomic mass is 9.98. The number of aliphatic hydroxyl groups is 2. The second kappa shape index (κ2) is 17.4. The number of phosphoric ester groups is 2. The highest BCUT2D eigenvalue weighted by Crippen LogP contribution is 2.60. The van der Waals surface area contributed by atoms with E-state index >= 15 is 0 Å². The van der Waals surface area contributed by atoms with E-state index in [4.69, 9.17) is 19.5 Å². The number of benzene rings is 2. The number of aromatic nitrogens is 7. The lowest BCUT2D eigenvalue weighted by Crippen LogP contribution is -2.33. The van der Waals surface area contributed by atoms with Crippen LogP contribution < -0.4 is 16.6 Å². The number of carbonyl (C=O) groups is 1. The van der Waals surface area contributed by atoms with Gasteiger partial charge in [-0.15, -0.1) is 5.10 Å². The van der Waals surface area contributed by atoms with Gasteiger partial charge in [0.1, 0.15) is 30.6 Å². The number of aliphatic hydroxyl groups excluding tert-OH is 2. The SMILES string of the molecule is Nc1nc2c(ncn2C2O[C@H](COP(=O)(O)OP(=O)(O)OCc3cn(CCCCC(=O)NC(Cc4ccccc4)c4ccccc4)nn3)[C@@H](O)[C@H]2O)c(=O)[nH]1. The van der Waals surface area contributed by atoms with Gasteiger partial charge in [0.05, 0.1) is 25.2 Å². The Morgan fingerprint density at radius 3 is 2.47 bits per heavy atom. The van der Waals surface area contributed by atoms with Crippen LogP contribution in [0.25, 0.3) is 11.2 Å². The molecule has 55 heavy (non-hydrogen) atoms. The molecule has 1 aliphatic heterocycles. The number of imidazole rings is 1. The third kappa shape index (κ3) is 10.6. The predicted molar refractivity (Wildman–Crippen MR) is 191 cm³/mol. The van der Waals surface area contributed by atoms with Crippen LogP contribution in [0.15, 0.2) is 78.0 Å². The molecule has 5 aromatic rings. The van der Waals surface area contributed by atoms with E-state index in [2.05, 4.69) is 34.9 Å². The second-order valence-electron chi connectivity index (χ2n) is 12.6. The minimum Gasteiger partial charge on any atom is -0.387 e. The van der Waals surface area contributed by atoms with Crippen LogP contribution in [0.4, 0.5) is 5.95 Å². The molecule has 1 fully saturated rings. The number of ether oxygens (including phenoxy) is 1. The lowest BCUT2D eigenvalue weighted by Gasteiger charge is -2.19. The van der Waals surface area contributed by atoms with Crippen LogP contribution in [0, 0.1) is 0 Å². The number of nitrogens with zero attached hydrogens (tertiary/aromatic N) is 6. The minimum absolute atomic E-state index is 0.0687. The Kier molecular flexibility index (Phi) is 12.7. The highest BCUT2D eigenvalue weighted by molar-refractivity contribution is 7.61. The molecule has 8 N–H and O–H groups in total. The minimum atomic E-state index is -5.31. The van der Waals surface area contributed by atoms with Crippen LogP contribution in [-0.4, -0.2) is 85.3 Å². The van der Waals surface area contributed by atoms with Gasteiger partial charge in [0.2, 0.25) is 11.9 Å². The standard InChI is InChI=1S/C32H39N9O12P2/c33-32-36-29-26(30(45)37-32)34-19-41(29)31-28(44)27(43)24(52-31)18-51-55(48,49)53-54(46,47)50-17-22-16-40(39-38-22)14-8-7-13-25(42)35-23(21-11-5-2-6-12-21)15-20-9-3-1-4-10-20/h1-6,9-12,16,19,23-24,27-28,31,43-44H,7-8,13-15,17-18H2,(H,35,42)(H,46,47)(H,48,49)(H3,33,36,37,45)/t23?,24-,27-,28-,31?/m1/s1. The van der Waals surface area contributed by atoms with Gasteiger partial charge in [0, 0.05) is 13.0 Å². The van der Waals surface area contributed by atoms with E-state index in [0.717, 1.165) is 22.0 Å². The highest BCUT2D eigenvalue weighted by Gasteiger charge is 2.46. The highest BCUT2D eigenvalue weighted by atomic mass is 31.3. The van der Waals surface area contributed by atoms with E-state index in [1.54, 1.807) is 0 Å². The number of phosphoric acid groups is 2. The summed E-state index contributed by atoms with van der Waals surface area (Å²) in [5.74, 6) is -0.340. The summed E-state index contributed by atoms with van der Waals surface area (Å²) < 4.78 is 47.1. The molecule has 0 bridgehead atoms. The Balaban J connectivity index is 0.925. The number of aromatic amines is 1. The number of nitrogens with two attached hydrogens (primary N) is 1. The van der Waals surface area contributed by atoms with Crippen LogP contribution >= 0.6 is 15.6 Å². The molecule has 6 rings (SSSR count). The Bertz CT molecular complexity index is 2220. The largest absolute Gasteiger partial charge is 0.481 e. The third-order valence-corrected chi connectivity index (χ3v) is 11.1. The Hall–Kier alpha value is -4.66. The van der Waals surface area contributed by atoms with Crippen molar-refractivity contribution < 1.29 is 52.0 Å². The first kappa shape index (κ1) is 40.0. The average Bonchev–Trinajstić information content (AvgIpc) is 3.86. The van der Waals surface area contributed by atoms with Gasteiger partial charge in [-0.25, -0.2) is 14.1 Å². The summed E-state index contributed by atoms with van der Waals surface area (Å²) in [5.41, 5.74) is 6.94. The molecule has 23 heteroatoms. The fourth-order valence-corrected chi connectivity index (χ4v) is 7.90.